The highest BCUT2D eigenvalue weighted by Crippen LogP contribution is 2.11. The van der Waals surface area contributed by atoms with Gasteiger partial charge in [0, 0.05) is 18.6 Å². The molecule has 0 aromatic carbocycles. The van der Waals surface area contributed by atoms with Gasteiger partial charge < -0.3 is 10.8 Å². The van der Waals surface area contributed by atoms with E-state index in [-0.39, 0.29) is 18.0 Å². The Bertz CT molecular complexity index is 234. The van der Waals surface area contributed by atoms with E-state index in [0.29, 0.717) is 6.42 Å². The molecular weight excluding hydrogens is 238 g/mol. The Morgan fingerprint density at radius 2 is 1.71 bits per heavy atom. The number of hydrogen-bond donors (Lipinski definition) is 3. The van der Waals surface area contributed by atoms with E-state index in [9.17, 15) is 9.59 Å². The Morgan fingerprint density at radius 3 is 2.24 bits per heavy atom. The molecule has 0 bridgehead atoms. The van der Waals surface area contributed by atoms with Gasteiger partial charge >= 0.3 is 5.97 Å². The third-order valence-corrected chi connectivity index (χ3v) is 3.14. The molecule has 1 unspecified atom stereocenters. The maximum Gasteiger partial charge on any atom is 0.307 e. The molecule has 0 aliphatic heterocycles. The molecule has 0 rings (SSSR count). The summed E-state index contributed by atoms with van der Waals surface area (Å²) < 4.78 is 0. The molecule has 3 N–H and O–H groups in total. The Morgan fingerprint density at radius 1 is 1.12 bits per heavy atom. The maximum absolute atomic E-state index is 11.5. The molecule has 0 heterocycles. The number of thiol groups is 1. The molecule has 4 nitrogen and oxygen atoms in total. The van der Waals surface area contributed by atoms with Crippen LogP contribution in [0.25, 0.3) is 0 Å². The number of Topliss-reactive ketones (excluding diaryl/α,β-unsaturated/α-hetero) is 1. The van der Waals surface area contributed by atoms with Crippen LogP contribution in [0.15, 0.2) is 0 Å². The van der Waals surface area contributed by atoms with Crippen molar-refractivity contribution in [1.82, 2.24) is 0 Å². The first kappa shape index (κ1) is 16.4. The van der Waals surface area contributed by atoms with E-state index < -0.39 is 11.9 Å². The molecule has 0 spiro atoms. The van der Waals surface area contributed by atoms with Crippen LogP contribution >= 0.6 is 12.6 Å². The van der Waals surface area contributed by atoms with Crippen LogP contribution in [0.1, 0.15) is 44.9 Å². The van der Waals surface area contributed by atoms with Crippen LogP contribution in [-0.4, -0.2) is 29.2 Å². The van der Waals surface area contributed by atoms with Crippen LogP contribution in [0.4, 0.5) is 0 Å². The molecule has 0 amide bonds. The fraction of sp³-hybridized carbons (Fsp3) is 0.833. The number of nitrogens with two attached hydrogens (primary N) is 1. The Labute approximate surface area is 108 Å². The topological polar surface area (TPSA) is 80.4 Å². The van der Waals surface area contributed by atoms with Crippen molar-refractivity contribution in [3.63, 3.8) is 0 Å². The summed E-state index contributed by atoms with van der Waals surface area (Å²) in [7, 11) is 0. The zero-order valence-electron chi connectivity index (χ0n) is 10.2. The lowest BCUT2D eigenvalue weighted by molar-refractivity contribution is -0.142. The fourth-order valence-electron chi connectivity index (χ4n) is 1.60. The molecule has 5 heteroatoms. The molecule has 0 aliphatic carbocycles. The minimum atomic E-state index is -0.934. The van der Waals surface area contributed by atoms with E-state index >= 15 is 0 Å². The van der Waals surface area contributed by atoms with Gasteiger partial charge in [-0.1, -0.05) is 19.3 Å². The zero-order valence-corrected chi connectivity index (χ0v) is 11.1. The van der Waals surface area contributed by atoms with Crippen LogP contribution in [0.5, 0.6) is 0 Å². The monoisotopic (exact) mass is 261 g/mol. The van der Waals surface area contributed by atoms with Gasteiger partial charge in [-0.3, -0.25) is 9.59 Å². The molecule has 0 fully saturated rings. The van der Waals surface area contributed by atoms with Gasteiger partial charge in [-0.2, -0.15) is 12.6 Å². The van der Waals surface area contributed by atoms with Crippen LogP contribution < -0.4 is 5.73 Å². The van der Waals surface area contributed by atoms with E-state index in [1.165, 1.54) is 0 Å². The molecule has 0 aliphatic rings. The van der Waals surface area contributed by atoms with Gasteiger partial charge in [-0.05, 0) is 19.4 Å². The van der Waals surface area contributed by atoms with Crippen LogP contribution in [0.2, 0.25) is 0 Å². The van der Waals surface area contributed by atoms with Crippen molar-refractivity contribution in [2.75, 3.05) is 12.3 Å². The summed E-state index contributed by atoms with van der Waals surface area (Å²) in [6, 6.07) is 0. The highest BCUT2D eigenvalue weighted by Gasteiger charge is 2.18. The molecule has 1 atom stereocenters. The third kappa shape index (κ3) is 9.18. The standard InChI is InChI=1S/C12H23NO3S/c13-7-5-3-1-2-4-6-11(14)8-10(9-17)12(15)16/h10,17H,1-9,13H2,(H,15,16). The first-order valence-electron chi connectivity index (χ1n) is 6.17. The van der Waals surface area contributed by atoms with E-state index in [1.807, 2.05) is 0 Å². The number of hydrogen-bond acceptors (Lipinski definition) is 4. The highest BCUT2D eigenvalue weighted by molar-refractivity contribution is 7.80. The van der Waals surface area contributed by atoms with Crippen LogP contribution in [0, 0.1) is 5.92 Å². The molecule has 0 aromatic heterocycles. The van der Waals surface area contributed by atoms with Crippen LogP contribution in [0.3, 0.4) is 0 Å². The van der Waals surface area contributed by atoms with Crippen molar-refractivity contribution < 1.29 is 14.7 Å². The number of aliphatic carboxylic acids is 1. The molecule has 0 radical (unpaired) electrons. The van der Waals surface area contributed by atoms with Crippen molar-refractivity contribution in [1.29, 1.82) is 0 Å². The van der Waals surface area contributed by atoms with Crippen molar-refractivity contribution in [3.05, 3.63) is 0 Å². The largest absolute Gasteiger partial charge is 0.481 e. The molecule has 0 saturated carbocycles. The number of ketones is 1. The second-order valence-electron chi connectivity index (χ2n) is 4.27. The number of carbonyl (C=O) groups is 2. The summed E-state index contributed by atoms with van der Waals surface area (Å²) in [5.41, 5.74) is 5.37. The van der Waals surface area contributed by atoms with Gasteiger partial charge in [-0.25, -0.2) is 0 Å². The van der Waals surface area contributed by atoms with Crippen molar-refractivity contribution >= 4 is 24.4 Å². The third-order valence-electron chi connectivity index (χ3n) is 2.70. The lowest BCUT2D eigenvalue weighted by Gasteiger charge is -2.07. The minimum Gasteiger partial charge on any atom is -0.481 e. The molecule has 100 valence electrons. The number of carboxylic acids is 1. The predicted octanol–water partition coefficient (Wildman–Crippen LogP) is 1.88. The Balaban J connectivity index is 3.55. The number of unbranched alkanes of at least 4 members (excludes halogenated alkanes) is 4. The lowest BCUT2D eigenvalue weighted by Crippen LogP contribution is -2.19. The van der Waals surface area contributed by atoms with Gasteiger partial charge in [0.05, 0.1) is 5.92 Å². The summed E-state index contributed by atoms with van der Waals surface area (Å²) >= 11 is 3.93. The fourth-order valence-corrected chi connectivity index (χ4v) is 1.89. The summed E-state index contributed by atoms with van der Waals surface area (Å²) in [6.07, 6.45) is 5.71. The summed E-state index contributed by atoms with van der Waals surface area (Å²) in [5, 5.41) is 8.78. The van der Waals surface area contributed by atoms with Gasteiger partial charge in [0.1, 0.15) is 5.78 Å². The molecule has 0 aromatic rings. The minimum absolute atomic E-state index is 0.0327. The number of rotatable bonds is 11. The first-order valence-corrected chi connectivity index (χ1v) is 6.80. The average molecular weight is 261 g/mol. The predicted molar refractivity (Wildman–Crippen MR) is 71.4 cm³/mol. The number of carbonyl (C=O) groups excluding carboxylic acids is 1. The van der Waals surface area contributed by atoms with Crippen molar-refractivity contribution in [2.45, 2.75) is 44.9 Å². The summed E-state index contributed by atoms with van der Waals surface area (Å²) in [5.74, 6) is -1.32. The van der Waals surface area contributed by atoms with E-state index in [4.69, 9.17) is 10.8 Å². The quantitative estimate of drug-likeness (QED) is 0.392. The van der Waals surface area contributed by atoms with Crippen LogP contribution in [-0.2, 0) is 9.59 Å². The van der Waals surface area contributed by atoms with E-state index in [1.54, 1.807) is 0 Å². The smallest absolute Gasteiger partial charge is 0.307 e. The Hall–Kier alpha value is -0.550. The molecule has 17 heavy (non-hydrogen) atoms. The van der Waals surface area contributed by atoms with Crippen molar-refractivity contribution in [3.8, 4) is 0 Å². The summed E-state index contributed by atoms with van der Waals surface area (Å²) in [4.78, 5) is 22.2. The maximum atomic E-state index is 11.5. The Kier molecular flexibility index (Phi) is 10.3. The first-order chi connectivity index (χ1) is 8.11. The summed E-state index contributed by atoms with van der Waals surface area (Å²) in [6.45, 7) is 0.723. The number of carboxylic acid groups (broad SMARTS) is 1. The van der Waals surface area contributed by atoms with E-state index in [0.717, 1.165) is 38.6 Å². The van der Waals surface area contributed by atoms with Gasteiger partial charge in [0.15, 0.2) is 0 Å². The van der Waals surface area contributed by atoms with E-state index in [2.05, 4.69) is 12.6 Å². The van der Waals surface area contributed by atoms with Crippen molar-refractivity contribution in [2.24, 2.45) is 11.7 Å². The van der Waals surface area contributed by atoms with Gasteiger partial charge in [0.25, 0.3) is 0 Å². The second kappa shape index (κ2) is 10.6. The van der Waals surface area contributed by atoms with Gasteiger partial charge in [0.2, 0.25) is 0 Å². The van der Waals surface area contributed by atoms with Gasteiger partial charge in [-0.15, -0.1) is 0 Å². The lowest BCUT2D eigenvalue weighted by atomic mass is 10.0. The molecular formula is C12H23NO3S. The zero-order chi connectivity index (χ0) is 13.1. The normalized spacial score (nSPS) is 12.4. The molecule has 0 saturated heterocycles. The SMILES string of the molecule is NCCCCCCCC(=O)CC(CS)C(=O)O. The second-order valence-corrected chi connectivity index (χ2v) is 4.63. The highest BCUT2D eigenvalue weighted by atomic mass is 32.1. The average Bonchev–Trinajstić information content (AvgIpc) is 2.30.